The lowest BCUT2D eigenvalue weighted by Gasteiger charge is -2.38. The van der Waals surface area contributed by atoms with Crippen LogP contribution in [0.15, 0.2) is 70.2 Å². The standard InChI is InChI=1S/C22H14BrCl3N2O/c23-13-3-1-12(2-4-13)19-11-20-17-9-14(24)6-8-21(17)29-22(28(20)27-19)16-7-5-15(25)10-18(16)26/h1-10,20,22H,11H2/t20-,22+/m1/s1. The number of fused-ring (bicyclic) bond motifs is 3. The van der Waals surface area contributed by atoms with Crippen LogP contribution in [-0.4, -0.2) is 10.7 Å². The molecule has 3 aromatic carbocycles. The van der Waals surface area contributed by atoms with Crippen molar-refractivity contribution in [1.29, 1.82) is 0 Å². The predicted octanol–water partition coefficient (Wildman–Crippen LogP) is 7.65. The maximum Gasteiger partial charge on any atom is 0.215 e. The van der Waals surface area contributed by atoms with Gasteiger partial charge in [-0.3, -0.25) is 0 Å². The normalized spacial score (nSPS) is 20.0. The van der Waals surface area contributed by atoms with Gasteiger partial charge in [-0.25, -0.2) is 5.01 Å². The van der Waals surface area contributed by atoms with Crippen LogP contribution in [0.4, 0.5) is 0 Å². The second-order valence-corrected chi connectivity index (χ2v) is 9.17. The molecule has 2 aliphatic heterocycles. The summed E-state index contributed by atoms with van der Waals surface area (Å²) >= 11 is 22.4. The van der Waals surface area contributed by atoms with E-state index in [9.17, 15) is 0 Å². The first-order chi connectivity index (χ1) is 14.0. The van der Waals surface area contributed by atoms with Crippen LogP contribution in [0.25, 0.3) is 0 Å². The molecule has 3 nitrogen and oxygen atoms in total. The molecule has 5 rings (SSSR count). The van der Waals surface area contributed by atoms with Crippen LogP contribution in [0.5, 0.6) is 5.75 Å². The fourth-order valence-electron chi connectivity index (χ4n) is 3.78. The molecule has 7 heteroatoms. The van der Waals surface area contributed by atoms with Crippen LogP contribution >= 0.6 is 50.7 Å². The molecule has 2 atom stereocenters. The monoisotopic (exact) mass is 506 g/mol. The Morgan fingerprint density at radius 1 is 0.897 bits per heavy atom. The molecule has 146 valence electrons. The number of ether oxygens (including phenoxy) is 1. The molecular weight excluding hydrogens is 495 g/mol. The second kappa shape index (κ2) is 7.51. The summed E-state index contributed by atoms with van der Waals surface area (Å²) in [5.41, 5.74) is 3.92. The SMILES string of the molecule is Clc1ccc([C@@H]2Oc3ccc(Cl)cc3[C@H]3CC(c4ccc(Br)cc4)=NN32)c(Cl)c1. The van der Waals surface area contributed by atoms with E-state index in [1.165, 1.54) is 0 Å². The lowest BCUT2D eigenvalue weighted by atomic mass is 9.96. The highest BCUT2D eigenvalue weighted by atomic mass is 79.9. The molecule has 29 heavy (non-hydrogen) atoms. The molecule has 0 radical (unpaired) electrons. The van der Waals surface area contributed by atoms with Crippen LogP contribution in [0.2, 0.25) is 15.1 Å². The highest BCUT2D eigenvalue weighted by Crippen LogP contribution is 2.49. The summed E-state index contributed by atoms with van der Waals surface area (Å²) in [7, 11) is 0. The Morgan fingerprint density at radius 3 is 2.38 bits per heavy atom. The van der Waals surface area contributed by atoms with Crippen LogP contribution in [0, 0.1) is 0 Å². The summed E-state index contributed by atoms with van der Waals surface area (Å²) in [5.74, 6) is 0.791. The fraction of sp³-hybridized carbons (Fsp3) is 0.136. The zero-order valence-electron chi connectivity index (χ0n) is 14.9. The van der Waals surface area contributed by atoms with Crippen LogP contribution < -0.4 is 4.74 Å². The van der Waals surface area contributed by atoms with Gasteiger partial charge in [-0.05, 0) is 48.0 Å². The summed E-state index contributed by atoms with van der Waals surface area (Å²) < 4.78 is 7.37. The topological polar surface area (TPSA) is 24.8 Å². The number of benzene rings is 3. The Bertz CT molecular complexity index is 1130. The number of halogens is 4. The first kappa shape index (κ1) is 19.3. The number of hydrogen-bond acceptors (Lipinski definition) is 3. The van der Waals surface area contributed by atoms with Gasteiger partial charge in [-0.2, -0.15) is 5.10 Å². The third-order valence-electron chi connectivity index (χ3n) is 5.16. The average molecular weight is 509 g/mol. The molecule has 0 aliphatic carbocycles. The quantitative estimate of drug-likeness (QED) is 0.355. The Kier molecular flexibility index (Phi) is 4.99. The number of rotatable bonds is 2. The van der Waals surface area contributed by atoms with E-state index in [0.717, 1.165) is 39.0 Å². The van der Waals surface area contributed by atoms with Gasteiger partial charge >= 0.3 is 0 Å². The predicted molar refractivity (Wildman–Crippen MR) is 121 cm³/mol. The van der Waals surface area contributed by atoms with Gasteiger partial charge in [0.25, 0.3) is 0 Å². The molecule has 0 aromatic heterocycles. The highest BCUT2D eigenvalue weighted by Gasteiger charge is 2.41. The van der Waals surface area contributed by atoms with Gasteiger partial charge in [0.05, 0.1) is 16.8 Å². The zero-order valence-corrected chi connectivity index (χ0v) is 18.8. The first-order valence-corrected chi connectivity index (χ1v) is 10.9. The molecule has 3 aromatic rings. The number of hydrazone groups is 1. The molecule has 2 heterocycles. The van der Waals surface area contributed by atoms with Crippen molar-refractivity contribution in [1.82, 2.24) is 5.01 Å². The Morgan fingerprint density at radius 2 is 1.62 bits per heavy atom. The highest BCUT2D eigenvalue weighted by molar-refractivity contribution is 9.10. The smallest absolute Gasteiger partial charge is 0.215 e. The maximum absolute atomic E-state index is 6.51. The molecule has 0 amide bonds. The molecule has 0 spiro atoms. The molecule has 0 saturated heterocycles. The lowest BCUT2D eigenvalue weighted by molar-refractivity contribution is -0.0189. The summed E-state index contributed by atoms with van der Waals surface area (Å²) in [6.07, 6.45) is 0.298. The van der Waals surface area contributed by atoms with Crippen LogP contribution in [0.1, 0.15) is 35.4 Å². The molecular formula is C22H14BrCl3N2O. The van der Waals surface area contributed by atoms with Crippen molar-refractivity contribution in [2.75, 3.05) is 0 Å². The summed E-state index contributed by atoms with van der Waals surface area (Å²) in [4.78, 5) is 0. The summed E-state index contributed by atoms with van der Waals surface area (Å²) in [6.45, 7) is 0. The lowest BCUT2D eigenvalue weighted by Crippen LogP contribution is -2.33. The number of hydrogen-bond donors (Lipinski definition) is 0. The Balaban J connectivity index is 1.62. The third kappa shape index (κ3) is 3.53. The van der Waals surface area contributed by atoms with E-state index in [0.29, 0.717) is 15.1 Å². The maximum atomic E-state index is 6.51. The van der Waals surface area contributed by atoms with E-state index in [1.54, 1.807) is 6.07 Å². The van der Waals surface area contributed by atoms with Gasteiger partial charge in [-0.15, -0.1) is 0 Å². The number of nitrogens with zero attached hydrogens (tertiary/aromatic N) is 2. The van der Waals surface area contributed by atoms with E-state index in [4.69, 9.17) is 44.6 Å². The van der Waals surface area contributed by atoms with Gasteiger partial charge < -0.3 is 4.74 Å². The van der Waals surface area contributed by atoms with E-state index >= 15 is 0 Å². The van der Waals surface area contributed by atoms with Crippen LogP contribution in [-0.2, 0) is 0 Å². The van der Waals surface area contributed by atoms with Gasteiger partial charge in [0.2, 0.25) is 6.23 Å². The molecule has 0 bridgehead atoms. The van der Waals surface area contributed by atoms with Crippen molar-refractivity contribution in [3.63, 3.8) is 0 Å². The van der Waals surface area contributed by atoms with Crippen molar-refractivity contribution < 1.29 is 4.74 Å². The van der Waals surface area contributed by atoms with E-state index in [2.05, 4.69) is 28.1 Å². The van der Waals surface area contributed by atoms with Crippen molar-refractivity contribution in [3.8, 4) is 5.75 Å². The molecule has 0 saturated carbocycles. The minimum absolute atomic E-state index is 0.00726. The van der Waals surface area contributed by atoms with E-state index in [-0.39, 0.29) is 6.04 Å². The largest absolute Gasteiger partial charge is 0.464 e. The van der Waals surface area contributed by atoms with Gasteiger partial charge in [0.15, 0.2) is 0 Å². The second-order valence-electron chi connectivity index (χ2n) is 6.97. The van der Waals surface area contributed by atoms with Crippen molar-refractivity contribution in [2.45, 2.75) is 18.7 Å². The van der Waals surface area contributed by atoms with Crippen molar-refractivity contribution in [3.05, 3.63) is 96.9 Å². The average Bonchev–Trinajstić information content (AvgIpc) is 3.14. The molecule has 2 aliphatic rings. The molecule has 0 fully saturated rings. The van der Waals surface area contributed by atoms with E-state index < -0.39 is 6.23 Å². The summed E-state index contributed by atoms with van der Waals surface area (Å²) in [6, 6.07) is 19.3. The van der Waals surface area contributed by atoms with Crippen molar-refractivity contribution >= 4 is 56.4 Å². The van der Waals surface area contributed by atoms with Gasteiger partial charge in [0.1, 0.15) is 5.75 Å². The molecule has 0 unspecified atom stereocenters. The summed E-state index contributed by atoms with van der Waals surface area (Å²) in [5, 5.41) is 8.72. The van der Waals surface area contributed by atoms with Crippen molar-refractivity contribution in [2.24, 2.45) is 5.10 Å². The van der Waals surface area contributed by atoms with Gasteiger partial charge in [0, 0.05) is 32.1 Å². The van der Waals surface area contributed by atoms with E-state index in [1.807, 2.05) is 47.5 Å². The zero-order chi connectivity index (χ0) is 20.1. The fourth-order valence-corrected chi connectivity index (χ4v) is 4.73. The Labute approximate surface area is 192 Å². The minimum Gasteiger partial charge on any atom is -0.464 e. The first-order valence-electron chi connectivity index (χ1n) is 9.02. The molecule has 0 N–H and O–H groups in total. The van der Waals surface area contributed by atoms with Gasteiger partial charge in [-0.1, -0.05) is 68.9 Å². The minimum atomic E-state index is -0.452. The van der Waals surface area contributed by atoms with Crippen LogP contribution in [0.3, 0.4) is 0 Å². The third-order valence-corrected chi connectivity index (χ3v) is 6.48. The Hall–Kier alpha value is -1.72.